The lowest BCUT2D eigenvalue weighted by atomic mass is 9.95. The van der Waals surface area contributed by atoms with Crippen molar-refractivity contribution in [1.82, 2.24) is 10.2 Å². The van der Waals surface area contributed by atoms with E-state index in [1.54, 1.807) is 0 Å². The maximum atomic E-state index is 12.5. The van der Waals surface area contributed by atoms with E-state index in [4.69, 9.17) is 4.74 Å². The van der Waals surface area contributed by atoms with E-state index in [-0.39, 0.29) is 23.7 Å². The summed E-state index contributed by atoms with van der Waals surface area (Å²) in [6, 6.07) is 7.76. The molecule has 0 aromatic heterocycles. The second-order valence-corrected chi connectivity index (χ2v) is 6.73. The fourth-order valence-corrected chi connectivity index (χ4v) is 3.12. The van der Waals surface area contributed by atoms with Crippen LogP contribution in [0.3, 0.4) is 0 Å². The summed E-state index contributed by atoms with van der Waals surface area (Å²) in [5, 5.41) is 3.01. The van der Waals surface area contributed by atoms with Gasteiger partial charge in [0.15, 0.2) is 0 Å². The Bertz CT molecular complexity index is 588. The van der Waals surface area contributed by atoms with E-state index in [9.17, 15) is 9.59 Å². The van der Waals surface area contributed by atoms with Gasteiger partial charge in [0.1, 0.15) is 5.75 Å². The third-order valence-corrected chi connectivity index (χ3v) is 4.81. The number of piperidine rings is 1. The number of likely N-dealkylation sites (tertiary alicyclic amines) is 1. The quantitative estimate of drug-likeness (QED) is 0.826. The molecule has 1 heterocycles. The van der Waals surface area contributed by atoms with Gasteiger partial charge >= 0.3 is 0 Å². The van der Waals surface area contributed by atoms with Crippen molar-refractivity contribution in [3.05, 3.63) is 29.8 Å². The molecule has 2 rings (SSSR count). The molecule has 2 amide bonds. The van der Waals surface area contributed by atoms with Gasteiger partial charge in [0, 0.05) is 25.6 Å². The predicted octanol–water partition coefficient (Wildman–Crippen LogP) is 2.99. The molecule has 25 heavy (non-hydrogen) atoms. The first-order chi connectivity index (χ1) is 12.0. The summed E-state index contributed by atoms with van der Waals surface area (Å²) >= 11 is 0. The molecular weight excluding hydrogens is 316 g/mol. The fraction of sp³-hybridized carbons (Fsp3) is 0.600. The van der Waals surface area contributed by atoms with E-state index in [1.807, 2.05) is 49.9 Å². The maximum Gasteiger partial charge on any atom is 0.225 e. The summed E-state index contributed by atoms with van der Waals surface area (Å²) in [5.74, 6) is 0.935. The Hall–Kier alpha value is -2.04. The Morgan fingerprint density at radius 2 is 2.16 bits per heavy atom. The molecule has 0 bridgehead atoms. The highest BCUT2D eigenvalue weighted by Crippen LogP contribution is 2.20. The van der Waals surface area contributed by atoms with Crippen molar-refractivity contribution in [2.75, 3.05) is 19.7 Å². The molecule has 1 aromatic carbocycles. The van der Waals surface area contributed by atoms with Crippen molar-refractivity contribution in [3.8, 4) is 5.75 Å². The van der Waals surface area contributed by atoms with Crippen LogP contribution in [0.4, 0.5) is 0 Å². The molecule has 5 nitrogen and oxygen atoms in total. The van der Waals surface area contributed by atoms with Crippen LogP contribution in [-0.2, 0) is 16.1 Å². The molecule has 5 heteroatoms. The van der Waals surface area contributed by atoms with E-state index >= 15 is 0 Å². The van der Waals surface area contributed by atoms with Crippen LogP contribution in [0.1, 0.15) is 45.6 Å². The highest BCUT2D eigenvalue weighted by molar-refractivity contribution is 5.82. The first kappa shape index (κ1) is 19.3. The Morgan fingerprint density at radius 3 is 2.88 bits per heavy atom. The Morgan fingerprint density at radius 1 is 1.36 bits per heavy atom. The molecule has 1 fully saturated rings. The van der Waals surface area contributed by atoms with Gasteiger partial charge in [0.25, 0.3) is 0 Å². The molecule has 1 saturated heterocycles. The number of nitrogens with zero attached hydrogens (tertiary/aromatic N) is 1. The summed E-state index contributed by atoms with van der Waals surface area (Å²) in [5.41, 5.74) is 1.02. The Labute approximate surface area is 150 Å². The van der Waals surface area contributed by atoms with Gasteiger partial charge in [-0.3, -0.25) is 9.59 Å². The number of amides is 2. The zero-order valence-corrected chi connectivity index (χ0v) is 15.6. The van der Waals surface area contributed by atoms with Crippen LogP contribution in [0.2, 0.25) is 0 Å². The van der Waals surface area contributed by atoms with E-state index in [2.05, 4.69) is 5.32 Å². The summed E-state index contributed by atoms with van der Waals surface area (Å²) in [7, 11) is 0. The molecular formula is C20H30N2O3. The molecule has 1 N–H and O–H groups in total. The summed E-state index contributed by atoms with van der Waals surface area (Å²) < 4.78 is 5.49. The van der Waals surface area contributed by atoms with Crippen LogP contribution in [0.5, 0.6) is 5.75 Å². The molecule has 0 radical (unpaired) electrons. The zero-order valence-electron chi connectivity index (χ0n) is 15.6. The van der Waals surface area contributed by atoms with Crippen LogP contribution in [0, 0.1) is 11.8 Å². The van der Waals surface area contributed by atoms with Crippen molar-refractivity contribution in [2.24, 2.45) is 11.8 Å². The lowest BCUT2D eigenvalue weighted by Crippen LogP contribution is -2.46. The van der Waals surface area contributed by atoms with Gasteiger partial charge in [-0.1, -0.05) is 26.0 Å². The molecule has 2 unspecified atom stereocenters. The van der Waals surface area contributed by atoms with Crippen LogP contribution in [0.15, 0.2) is 24.3 Å². The fourth-order valence-electron chi connectivity index (χ4n) is 3.12. The van der Waals surface area contributed by atoms with Crippen molar-refractivity contribution in [3.63, 3.8) is 0 Å². The van der Waals surface area contributed by atoms with E-state index in [0.29, 0.717) is 19.7 Å². The molecule has 0 aliphatic carbocycles. The van der Waals surface area contributed by atoms with Crippen molar-refractivity contribution in [1.29, 1.82) is 0 Å². The minimum Gasteiger partial charge on any atom is -0.494 e. The number of ether oxygens (including phenoxy) is 1. The third kappa shape index (κ3) is 5.48. The number of hydrogen-bond acceptors (Lipinski definition) is 3. The zero-order chi connectivity index (χ0) is 18.2. The van der Waals surface area contributed by atoms with Crippen molar-refractivity contribution < 1.29 is 14.3 Å². The molecule has 138 valence electrons. The van der Waals surface area contributed by atoms with Crippen molar-refractivity contribution in [2.45, 2.75) is 46.6 Å². The molecule has 2 atom stereocenters. The van der Waals surface area contributed by atoms with E-state index < -0.39 is 0 Å². The molecule has 1 aliphatic heterocycles. The maximum absolute atomic E-state index is 12.5. The Kier molecular flexibility index (Phi) is 7.29. The highest BCUT2D eigenvalue weighted by Gasteiger charge is 2.29. The molecule has 0 saturated carbocycles. The third-order valence-electron chi connectivity index (χ3n) is 4.81. The number of carbonyl (C=O) groups is 2. The normalized spacial score (nSPS) is 18.5. The van der Waals surface area contributed by atoms with Gasteiger partial charge in [-0.05, 0) is 43.9 Å². The average Bonchev–Trinajstić information content (AvgIpc) is 2.65. The van der Waals surface area contributed by atoms with Crippen LogP contribution >= 0.6 is 0 Å². The minimum atomic E-state index is -0.114. The van der Waals surface area contributed by atoms with Gasteiger partial charge in [-0.25, -0.2) is 0 Å². The highest BCUT2D eigenvalue weighted by atomic mass is 16.5. The van der Waals surface area contributed by atoms with Gasteiger partial charge in [-0.2, -0.15) is 0 Å². The largest absolute Gasteiger partial charge is 0.494 e. The molecule has 1 aromatic rings. The average molecular weight is 346 g/mol. The summed E-state index contributed by atoms with van der Waals surface area (Å²) in [6.07, 6.45) is 2.57. The smallest absolute Gasteiger partial charge is 0.225 e. The van der Waals surface area contributed by atoms with E-state index in [1.165, 1.54) is 0 Å². The lowest BCUT2D eigenvalue weighted by Gasteiger charge is -2.33. The lowest BCUT2D eigenvalue weighted by molar-refractivity contribution is -0.139. The molecule has 0 spiro atoms. The SMILES string of the molecule is CCOc1cccc(CNC(=O)C2CCCN(C(=O)C(C)CC)C2)c1. The standard InChI is InChI=1S/C20H30N2O3/c1-4-15(3)20(24)22-11-7-9-17(14-22)19(23)21-13-16-8-6-10-18(12-16)25-5-2/h6,8,10,12,15,17H,4-5,7,9,11,13-14H2,1-3H3,(H,21,23). The summed E-state index contributed by atoms with van der Waals surface area (Å²) in [6.45, 7) is 8.33. The van der Waals surface area contributed by atoms with Gasteiger partial charge in [-0.15, -0.1) is 0 Å². The van der Waals surface area contributed by atoms with E-state index in [0.717, 1.165) is 37.1 Å². The predicted molar refractivity (Wildman–Crippen MR) is 98.2 cm³/mol. The monoisotopic (exact) mass is 346 g/mol. The number of rotatable bonds is 7. The minimum absolute atomic E-state index is 0.0307. The Balaban J connectivity index is 1.88. The second kappa shape index (κ2) is 9.44. The second-order valence-electron chi connectivity index (χ2n) is 6.73. The topological polar surface area (TPSA) is 58.6 Å². The number of nitrogens with one attached hydrogen (secondary N) is 1. The number of benzene rings is 1. The first-order valence-corrected chi connectivity index (χ1v) is 9.33. The van der Waals surface area contributed by atoms with Crippen LogP contribution in [0.25, 0.3) is 0 Å². The van der Waals surface area contributed by atoms with Crippen molar-refractivity contribution >= 4 is 11.8 Å². The van der Waals surface area contributed by atoms with Gasteiger partial charge in [0.05, 0.1) is 12.5 Å². The molecule has 1 aliphatic rings. The number of carbonyl (C=O) groups excluding carboxylic acids is 2. The van der Waals surface area contributed by atoms with Crippen LogP contribution in [-0.4, -0.2) is 36.4 Å². The van der Waals surface area contributed by atoms with Gasteiger partial charge < -0.3 is 15.0 Å². The van der Waals surface area contributed by atoms with Gasteiger partial charge in [0.2, 0.25) is 11.8 Å². The summed E-state index contributed by atoms with van der Waals surface area (Å²) in [4.78, 5) is 26.7. The number of hydrogen-bond donors (Lipinski definition) is 1. The first-order valence-electron chi connectivity index (χ1n) is 9.33. The van der Waals surface area contributed by atoms with Crippen LogP contribution < -0.4 is 10.1 Å².